The van der Waals surface area contributed by atoms with Crippen LogP contribution < -0.4 is 5.32 Å². The maximum Gasteiger partial charge on any atom is 0.220 e. The first kappa shape index (κ1) is 64.6. The van der Waals surface area contributed by atoms with Crippen LogP contribution in [-0.4, -0.2) is 34.9 Å². The zero-order chi connectivity index (χ0) is 47.7. The molecule has 0 spiro atoms. The van der Waals surface area contributed by atoms with Gasteiger partial charge in [-0.1, -0.05) is 320 Å². The fourth-order valence-electron chi connectivity index (χ4n) is 9.51. The molecule has 0 saturated carbocycles. The van der Waals surface area contributed by atoms with Crippen molar-refractivity contribution in [3.05, 3.63) is 36.5 Å². The van der Waals surface area contributed by atoms with Gasteiger partial charge in [0.1, 0.15) is 0 Å². The normalized spacial score (nSPS) is 13.0. The van der Waals surface area contributed by atoms with Gasteiger partial charge in [0.25, 0.3) is 0 Å². The Morgan fingerprint density at radius 3 is 0.879 bits per heavy atom. The van der Waals surface area contributed by atoms with Crippen molar-refractivity contribution in [3.8, 4) is 0 Å². The predicted molar refractivity (Wildman–Crippen MR) is 295 cm³/mol. The number of aliphatic hydroxyl groups excluding tert-OH is 2. The summed E-state index contributed by atoms with van der Waals surface area (Å²) in [4.78, 5) is 12.4. The van der Waals surface area contributed by atoms with Crippen LogP contribution in [0.4, 0.5) is 0 Å². The molecule has 4 heteroatoms. The van der Waals surface area contributed by atoms with E-state index in [2.05, 4.69) is 43.5 Å². The summed E-state index contributed by atoms with van der Waals surface area (Å²) in [5.41, 5.74) is 0. The first-order valence-electron chi connectivity index (χ1n) is 30.2. The quantitative estimate of drug-likeness (QED) is 0.0420. The minimum absolute atomic E-state index is 0.0735. The van der Waals surface area contributed by atoms with Gasteiger partial charge in [0.05, 0.1) is 18.8 Å². The number of unbranched alkanes of at least 4 members (excludes halogenated alkanes) is 45. The second-order valence-corrected chi connectivity index (χ2v) is 20.8. The Bertz CT molecular complexity index is 1010. The standard InChI is InChI=1S/C62H119NO3/c1-3-5-7-9-11-13-15-17-18-19-20-21-22-23-24-25-26-27-28-29-30-31-32-33-34-35-36-37-38-39-40-41-42-43-44-46-48-50-52-54-56-58-62(66)63-60(59-64)61(65)57-55-53-51-49-47-45-16-14-12-10-8-6-4-2/h12,14,47,49,55,57,60-61,64-65H,3-11,13,15-46,48,50-54,56,58-59H2,1-2H3,(H,63,66)/b14-12+,49-47+,57-55+. The van der Waals surface area contributed by atoms with Crippen LogP contribution in [0.2, 0.25) is 0 Å². The largest absolute Gasteiger partial charge is 0.394 e. The first-order chi connectivity index (χ1) is 32.7. The highest BCUT2D eigenvalue weighted by atomic mass is 16.3. The van der Waals surface area contributed by atoms with E-state index in [1.165, 1.54) is 276 Å². The summed E-state index contributed by atoms with van der Waals surface area (Å²) in [5.74, 6) is -0.0735. The van der Waals surface area contributed by atoms with Gasteiger partial charge in [-0.2, -0.15) is 0 Å². The predicted octanol–water partition coefficient (Wildman–Crippen LogP) is 20.0. The Labute approximate surface area is 414 Å². The van der Waals surface area contributed by atoms with E-state index in [-0.39, 0.29) is 12.5 Å². The number of carbonyl (C=O) groups excluding carboxylic acids is 1. The number of hydrogen-bond acceptors (Lipinski definition) is 3. The maximum atomic E-state index is 12.4. The van der Waals surface area contributed by atoms with Gasteiger partial charge in [0.15, 0.2) is 0 Å². The number of carbonyl (C=O) groups is 1. The highest BCUT2D eigenvalue weighted by Crippen LogP contribution is 2.18. The Hall–Kier alpha value is -1.39. The molecule has 0 heterocycles. The molecule has 3 N–H and O–H groups in total. The van der Waals surface area contributed by atoms with Crippen LogP contribution in [0.3, 0.4) is 0 Å². The van der Waals surface area contributed by atoms with Gasteiger partial charge in [-0.05, 0) is 44.9 Å². The summed E-state index contributed by atoms with van der Waals surface area (Å²) in [7, 11) is 0. The Morgan fingerprint density at radius 1 is 0.348 bits per heavy atom. The van der Waals surface area contributed by atoms with E-state index in [9.17, 15) is 15.0 Å². The van der Waals surface area contributed by atoms with Crippen molar-refractivity contribution in [3.63, 3.8) is 0 Å². The SMILES string of the molecule is CCCCC/C=C/CC/C=C/CC/C=C/C(O)C(CO)NC(=O)CCCCCCCCCCCCCCCCCCCCCCCCCCCCCCCCCCCCCCCCCCC. The number of hydrogen-bond donors (Lipinski definition) is 3. The summed E-state index contributed by atoms with van der Waals surface area (Å²) in [6.07, 6.45) is 79.3. The van der Waals surface area contributed by atoms with E-state index in [4.69, 9.17) is 0 Å². The van der Waals surface area contributed by atoms with E-state index >= 15 is 0 Å². The molecule has 0 aliphatic rings. The molecule has 390 valence electrons. The van der Waals surface area contributed by atoms with Gasteiger partial charge in [-0.15, -0.1) is 0 Å². The Morgan fingerprint density at radius 2 is 0.591 bits per heavy atom. The molecule has 0 saturated heterocycles. The summed E-state index contributed by atoms with van der Waals surface area (Å²) >= 11 is 0. The minimum Gasteiger partial charge on any atom is -0.394 e. The second-order valence-electron chi connectivity index (χ2n) is 20.8. The molecule has 0 rings (SSSR count). The number of rotatable bonds is 56. The van der Waals surface area contributed by atoms with Gasteiger partial charge < -0.3 is 15.5 Å². The molecule has 0 radical (unpaired) electrons. The molecule has 0 aromatic rings. The van der Waals surface area contributed by atoms with E-state index in [0.717, 1.165) is 38.5 Å². The molecule has 66 heavy (non-hydrogen) atoms. The van der Waals surface area contributed by atoms with Crippen LogP contribution in [0.1, 0.15) is 335 Å². The van der Waals surface area contributed by atoms with Gasteiger partial charge in [-0.25, -0.2) is 0 Å². The van der Waals surface area contributed by atoms with E-state index in [0.29, 0.717) is 6.42 Å². The van der Waals surface area contributed by atoms with Crippen molar-refractivity contribution < 1.29 is 15.0 Å². The Kier molecular flexibility index (Phi) is 56.7. The first-order valence-corrected chi connectivity index (χ1v) is 30.2. The number of amides is 1. The second kappa shape index (κ2) is 57.9. The number of allylic oxidation sites excluding steroid dienone is 5. The molecule has 0 fully saturated rings. The van der Waals surface area contributed by atoms with Crippen molar-refractivity contribution in [1.29, 1.82) is 0 Å². The van der Waals surface area contributed by atoms with Gasteiger partial charge in [0.2, 0.25) is 5.91 Å². The fourth-order valence-corrected chi connectivity index (χ4v) is 9.51. The smallest absolute Gasteiger partial charge is 0.220 e. The number of aliphatic hydroxyl groups is 2. The lowest BCUT2D eigenvalue weighted by molar-refractivity contribution is -0.123. The summed E-state index contributed by atoms with van der Waals surface area (Å²) in [5, 5.41) is 23.0. The van der Waals surface area contributed by atoms with Crippen LogP contribution in [0, 0.1) is 0 Å². The van der Waals surface area contributed by atoms with E-state index < -0.39 is 12.1 Å². The molecule has 0 aromatic carbocycles. The lowest BCUT2D eigenvalue weighted by Crippen LogP contribution is -2.45. The van der Waals surface area contributed by atoms with Gasteiger partial charge in [-0.3, -0.25) is 4.79 Å². The molecule has 2 unspecified atom stereocenters. The van der Waals surface area contributed by atoms with Crippen LogP contribution in [0.25, 0.3) is 0 Å². The van der Waals surface area contributed by atoms with Crippen LogP contribution >= 0.6 is 0 Å². The third-order valence-corrected chi connectivity index (χ3v) is 14.1. The topological polar surface area (TPSA) is 69.6 Å². The molecular weight excluding hydrogens is 807 g/mol. The van der Waals surface area contributed by atoms with Crippen LogP contribution in [0.15, 0.2) is 36.5 Å². The molecule has 0 bridgehead atoms. The van der Waals surface area contributed by atoms with E-state index in [1.807, 2.05) is 6.08 Å². The average Bonchev–Trinajstić information content (AvgIpc) is 3.32. The summed E-state index contributed by atoms with van der Waals surface area (Å²) in [6.45, 7) is 4.28. The van der Waals surface area contributed by atoms with Gasteiger partial charge >= 0.3 is 0 Å². The lowest BCUT2D eigenvalue weighted by atomic mass is 10.0. The van der Waals surface area contributed by atoms with E-state index in [1.54, 1.807) is 6.08 Å². The highest BCUT2D eigenvalue weighted by molar-refractivity contribution is 5.76. The van der Waals surface area contributed by atoms with Crippen LogP contribution in [0.5, 0.6) is 0 Å². The van der Waals surface area contributed by atoms with Gasteiger partial charge in [0, 0.05) is 6.42 Å². The third-order valence-electron chi connectivity index (χ3n) is 14.1. The maximum absolute atomic E-state index is 12.4. The molecule has 2 atom stereocenters. The lowest BCUT2D eigenvalue weighted by Gasteiger charge is -2.19. The van der Waals surface area contributed by atoms with Crippen molar-refractivity contribution in [2.24, 2.45) is 0 Å². The minimum atomic E-state index is -0.867. The molecule has 4 nitrogen and oxygen atoms in total. The van der Waals surface area contributed by atoms with Crippen LogP contribution in [-0.2, 0) is 4.79 Å². The monoisotopic (exact) mass is 926 g/mol. The average molecular weight is 927 g/mol. The van der Waals surface area contributed by atoms with Crippen molar-refractivity contribution in [1.82, 2.24) is 5.32 Å². The highest BCUT2D eigenvalue weighted by Gasteiger charge is 2.18. The summed E-state index contributed by atoms with van der Waals surface area (Å²) in [6, 6.07) is -0.643. The number of nitrogens with one attached hydrogen (secondary N) is 1. The zero-order valence-electron chi connectivity index (χ0n) is 45.0. The Balaban J connectivity index is 3.35. The van der Waals surface area contributed by atoms with Crippen molar-refractivity contribution in [2.45, 2.75) is 347 Å². The van der Waals surface area contributed by atoms with Crippen molar-refractivity contribution >= 4 is 5.91 Å². The molecule has 1 amide bonds. The zero-order valence-corrected chi connectivity index (χ0v) is 45.0. The third kappa shape index (κ3) is 53.6. The molecule has 0 aliphatic carbocycles. The molecule has 0 aromatic heterocycles. The fraction of sp³-hybridized carbons (Fsp3) is 0.887. The molecular formula is C62H119NO3. The van der Waals surface area contributed by atoms with Crippen molar-refractivity contribution in [2.75, 3.05) is 6.61 Å². The summed E-state index contributed by atoms with van der Waals surface area (Å²) < 4.78 is 0. The molecule has 0 aliphatic heterocycles.